The molecule has 4 nitrogen and oxygen atoms in total. The summed E-state index contributed by atoms with van der Waals surface area (Å²) in [6.45, 7) is 4.71. The molecule has 0 aliphatic carbocycles. The third-order valence-corrected chi connectivity index (χ3v) is 3.86. The Morgan fingerprint density at radius 1 is 1.37 bits per heavy atom. The molecule has 0 radical (unpaired) electrons. The van der Waals surface area contributed by atoms with Crippen LogP contribution < -0.4 is 10.5 Å². The molecule has 1 aromatic rings. The predicted octanol–water partition coefficient (Wildman–Crippen LogP) is 2.01. The first-order valence-electron chi connectivity index (χ1n) is 6.87. The van der Waals surface area contributed by atoms with Crippen molar-refractivity contribution >= 4 is 5.69 Å². The number of aliphatic hydroxyl groups is 1. The van der Waals surface area contributed by atoms with Gasteiger partial charge in [0.15, 0.2) is 0 Å². The average Bonchev–Trinajstić information content (AvgIpc) is 2.53. The van der Waals surface area contributed by atoms with Crippen LogP contribution in [0.1, 0.15) is 31.7 Å². The molecule has 1 aliphatic heterocycles. The van der Waals surface area contributed by atoms with E-state index in [9.17, 15) is 5.11 Å². The van der Waals surface area contributed by atoms with Gasteiger partial charge in [-0.1, -0.05) is 6.07 Å². The van der Waals surface area contributed by atoms with E-state index >= 15 is 0 Å². The van der Waals surface area contributed by atoms with Gasteiger partial charge in [-0.2, -0.15) is 0 Å². The summed E-state index contributed by atoms with van der Waals surface area (Å²) in [7, 11) is 1.67. The Morgan fingerprint density at radius 2 is 2.16 bits per heavy atom. The SMILES string of the molecule is COc1cc(N)ccc1CN1CCCC(C)(O)CC1. The molecule has 1 atom stereocenters. The van der Waals surface area contributed by atoms with E-state index in [4.69, 9.17) is 10.5 Å². The highest BCUT2D eigenvalue weighted by Crippen LogP contribution is 2.26. The average molecular weight is 264 g/mol. The summed E-state index contributed by atoms with van der Waals surface area (Å²) < 4.78 is 5.38. The van der Waals surface area contributed by atoms with Crippen molar-refractivity contribution in [3.63, 3.8) is 0 Å². The number of hydrogen-bond donors (Lipinski definition) is 2. The number of methoxy groups -OCH3 is 1. The molecule has 1 unspecified atom stereocenters. The fraction of sp³-hybridized carbons (Fsp3) is 0.600. The molecule has 2 rings (SSSR count). The van der Waals surface area contributed by atoms with Crippen LogP contribution in [0.25, 0.3) is 0 Å². The molecule has 106 valence electrons. The minimum absolute atomic E-state index is 0.514. The molecule has 0 bridgehead atoms. The molecule has 0 spiro atoms. The van der Waals surface area contributed by atoms with Gasteiger partial charge in [0.1, 0.15) is 5.75 Å². The maximum Gasteiger partial charge on any atom is 0.125 e. The van der Waals surface area contributed by atoms with Crippen LogP contribution in [0.2, 0.25) is 0 Å². The van der Waals surface area contributed by atoms with Crippen molar-refractivity contribution in [1.29, 1.82) is 0 Å². The van der Waals surface area contributed by atoms with Crippen molar-refractivity contribution in [2.24, 2.45) is 0 Å². The van der Waals surface area contributed by atoms with Gasteiger partial charge in [0.05, 0.1) is 12.7 Å². The van der Waals surface area contributed by atoms with Crippen LogP contribution in [0.3, 0.4) is 0 Å². The second kappa shape index (κ2) is 5.80. The lowest BCUT2D eigenvalue weighted by Gasteiger charge is -2.23. The van der Waals surface area contributed by atoms with Crippen LogP contribution >= 0.6 is 0 Å². The van der Waals surface area contributed by atoms with E-state index in [1.807, 2.05) is 25.1 Å². The fourth-order valence-corrected chi connectivity index (χ4v) is 2.61. The first-order valence-corrected chi connectivity index (χ1v) is 6.87. The quantitative estimate of drug-likeness (QED) is 0.820. The zero-order valence-electron chi connectivity index (χ0n) is 11.9. The molecule has 1 fully saturated rings. The number of benzene rings is 1. The summed E-state index contributed by atoms with van der Waals surface area (Å²) >= 11 is 0. The standard InChI is InChI=1S/C15H24N2O2/c1-15(18)6-3-8-17(9-7-15)11-12-4-5-13(16)10-14(12)19-2/h4-5,10,18H,3,6-9,11,16H2,1-2H3. The molecular weight excluding hydrogens is 240 g/mol. The smallest absolute Gasteiger partial charge is 0.125 e. The van der Waals surface area contributed by atoms with E-state index in [-0.39, 0.29) is 0 Å². The summed E-state index contributed by atoms with van der Waals surface area (Å²) in [6, 6.07) is 5.80. The lowest BCUT2D eigenvalue weighted by atomic mass is 9.98. The summed E-state index contributed by atoms with van der Waals surface area (Å²) in [6.07, 6.45) is 2.73. The highest BCUT2D eigenvalue weighted by Gasteiger charge is 2.25. The van der Waals surface area contributed by atoms with E-state index < -0.39 is 5.60 Å². The van der Waals surface area contributed by atoms with Crippen LogP contribution in [0.15, 0.2) is 18.2 Å². The zero-order valence-corrected chi connectivity index (χ0v) is 11.9. The molecular formula is C15H24N2O2. The summed E-state index contributed by atoms with van der Waals surface area (Å²) in [5.41, 5.74) is 7.13. The molecule has 0 amide bonds. The van der Waals surface area contributed by atoms with Crippen LogP contribution in [-0.2, 0) is 6.54 Å². The number of likely N-dealkylation sites (tertiary alicyclic amines) is 1. The van der Waals surface area contributed by atoms with Crippen LogP contribution in [0.5, 0.6) is 5.75 Å². The largest absolute Gasteiger partial charge is 0.496 e. The van der Waals surface area contributed by atoms with Gasteiger partial charge in [0, 0.05) is 30.4 Å². The summed E-state index contributed by atoms with van der Waals surface area (Å²) in [5.74, 6) is 0.844. The van der Waals surface area contributed by atoms with Crippen molar-refractivity contribution in [3.05, 3.63) is 23.8 Å². The molecule has 1 aromatic carbocycles. The monoisotopic (exact) mass is 264 g/mol. The van der Waals surface area contributed by atoms with E-state index in [1.54, 1.807) is 7.11 Å². The van der Waals surface area contributed by atoms with Gasteiger partial charge in [-0.25, -0.2) is 0 Å². The van der Waals surface area contributed by atoms with Gasteiger partial charge in [0.25, 0.3) is 0 Å². The zero-order chi connectivity index (χ0) is 13.9. The van der Waals surface area contributed by atoms with E-state index in [0.29, 0.717) is 0 Å². The normalized spacial score (nSPS) is 25.0. The summed E-state index contributed by atoms with van der Waals surface area (Å²) in [5, 5.41) is 10.1. The number of nitrogens with two attached hydrogens (primary N) is 1. The number of anilines is 1. The second-order valence-corrected chi connectivity index (χ2v) is 5.70. The molecule has 1 heterocycles. The highest BCUT2D eigenvalue weighted by atomic mass is 16.5. The molecule has 3 N–H and O–H groups in total. The van der Waals surface area contributed by atoms with Crippen LogP contribution in [0.4, 0.5) is 5.69 Å². The van der Waals surface area contributed by atoms with Crippen LogP contribution in [-0.4, -0.2) is 35.8 Å². The topological polar surface area (TPSA) is 58.7 Å². The Balaban J connectivity index is 2.05. The Bertz CT molecular complexity index is 432. The van der Waals surface area contributed by atoms with Crippen molar-refractivity contribution in [2.75, 3.05) is 25.9 Å². The number of hydrogen-bond acceptors (Lipinski definition) is 4. The third-order valence-electron chi connectivity index (χ3n) is 3.86. The molecule has 1 saturated heterocycles. The number of rotatable bonds is 3. The molecule has 4 heteroatoms. The Morgan fingerprint density at radius 3 is 2.89 bits per heavy atom. The van der Waals surface area contributed by atoms with Crippen molar-refractivity contribution in [1.82, 2.24) is 4.90 Å². The van der Waals surface area contributed by atoms with Gasteiger partial charge >= 0.3 is 0 Å². The molecule has 1 aliphatic rings. The molecule has 0 saturated carbocycles. The Labute approximate surface area is 115 Å². The predicted molar refractivity (Wildman–Crippen MR) is 77.2 cm³/mol. The molecule has 0 aromatic heterocycles. The first-order chi connectivity index (χ1) is 9.00. The summed E-state index contributed by atoms with van der Waals surface area (Å²) in [4.78, 5) is 2.37. The third kappa shape index (κ3) is 3.85. The maximum absolute atomic E-state index is 10.1. The Hall–Kier alpha value is -1.26. The maximum atomic E-state index is 10.1. The minimum atomic E-state index is -0.514. The van der Waals surface area contributed by atoms with Crippen molar-refractivity contribution in [2.45, 2.75) is 38.3 Å². The Kier molecular flexibility index (Phi) is 4.32. The van der Waals surface area contributed by atoms with Crippen molar-refractivity contribution < 1.29 is 9.84 Å². The second-order valence-electron chi connectivity index (χ2n) is 5.70. The highest BCUT2D eigenvalue weighted by molar-refractivity contribution is 5.48. The fourth-order valence-electron chi connectivity index (χ4n) is 2.61. The minimum Gasteiger partial charge on any atom is -0.496 e. The number of nitrogen functional groups attached to an aromatic ring is 1. The van der Waals surface area contributed by atoms with Crippen LogP contribution in [0, 0.1) is 0 Å². The number of nitrogens with zero attached hydrogens (tertiary/aromatic N) is 1. The lowest BCUT2D eigenvalue weighted by molar-refractivity contribution is 0.0444. The number of ether oxygens (including phenoxy) is 1. The van der Waals surface area contributed by atoms with Gasteiger partial charge < -0.3 is 15.6 Å². The van der Waals surface area contributed by atoms with Gasteiger partial charge in [-0.3, -0.25) is 4.90 Å². The lowest BCUT2D eigenvalue weighted by Crippen LogP contribution is -2.28. The first kappa shape index (κ1) is 14.2. The molecule has 19 heavy (non-hydrogen) atoms. The van der Waals surface area contributed by atoms with Gasteiger partial charge in [-0.15, -0.1) is 0 Å². The van der Waals surface area contributed by atoms with Gasteiger partial charge in [-0.05, 0) is 38.8 Å². The van der Waals surface area contributed by atoms with E-state index in [1.165, 1.54) is 0 Å². The van der Waals surface area contributed by atoms with E-state index in [2.05, 4.69) is 4.90 Å². The van der Waals surface area contributed by atoms with E-state index in [0.717, 1.165) is 55.9 Å². The van der Waals surface area contributed by atoms with Crippen molar-refractivity contribution in [3.8, 4) is 5.75 Å². The van der Waals surface area contributed by atoms with Gasteiger partial charge in [0.2, 0.25) is 0 Å².